The summed E-state index contributed by atoms with van der Waals surface area (Å²) in [5, 5.41) is 9.76. The number of hydrogen-bond donors (Lipinski definition) is 1. The van der Waals surface area contributed by atoms with Gasteiger partial charge in [0.25, 0.3) is 0 Å². The lowest BCUT2D eigenvalue weighted by Crippen LogP contribution is -2.67. The highest BCUT2D eigenvalue weighted by molar-refractivity contribution is 5.84. The molecule has 1 aliphatic heterocycles. The first-order valence-corrected chi connectivity index (χ1v) is 5.81. The van der Waals surface area contributed by atoms with E-state index in [1.165, 1.54) is 12.0 Å². The van der Waals surface area contributed by atoms with Gasteiger partial charge in [-0.2, -0.15) is 0 Å². The molecule has 0 radical (unpaired) electrons. The second-order valence-electron chi connectivity index (χ2n) is 4.42. The van der Waals surface area contributed by atoms with Crippen molar-refractivity contribution in [2.45, 2.75) is 12.2 Å². The minimum atomic E-state index is -1.60. The zero-order valence-corrected chi connectivity index (χ0v) is 10.5. The van der Waals surface area contributed by atoms with Crippen LogP contribution in [-0.4, -0.2) is 47.9 Å². The summed E-state index contributed by atoms with van der Waals surface area (Å²) >= 11 is 0. The van der Waals surface area contributed by atoms with E-state index in [-0.39, 0.29) is 19.7 Å². The summed E-state index contributed by atoms with van der Waals surface area (Å²) in [7, 11) is 1.19. The molecule has 19 heavy (non-hydrogen) atoms. The van der Waals surface area contributed by atoms with Crippen LogP contribution in [-0.2, 0) is 20.9 Å². The van der Waals surface area contributed by atoms with Gasteiger partial charge in [0.15, 0.2) is 5.60 Å². The topological polar surface area (TPSA) is 76.1 Å². The quantitative estimate of drug-likeness (QED) is 0.807. The van der Waals surface area contributed by atoms with E-state index in [4.69, 9.17) is 4.74 Å². The molecule has 0 unspecified atom stereocenters. The van der Waals surface area contributed by atoms with Crippen molar-refractivity contribution in [2.24, 2.45) is 0 Å². The maximum Gasteiger partial charge on any atom is 0.410 e. The van der Waals surface area contributed by atoms with Gasteiger partial charge in [-0.1, -0.05) is 30.3 Å². The van der Waals surface area contributed by atoms with Crippen molar-refractivity contribution >= 4 is 12.1 Å². The van der Waals surface area contributed by atoms with E-state index >= 15 is 0 Å². The van der Waals surface area contributed by atoms with Crippen molar-refractivity contribution in [2.75, 3.05) is 20.2 Å². The molecule has 1 heterocycles. The van der Waals surface area contributed by atoms with Gasteiger partial charge < -0.3 is 19.5 Å². The second-order valence-corrected chi connectivity index (χ2v) is 4.42. The lowest BCUT2D eigenvalue weighted by Gasteiger charge is -2.42. The first-order valence-electron chi connectivity index (χ1n) is 5.81. The molecule has 2 rings (SSSR count). The van der Waals surface area contributed by atoms with Gasteiger partial charge in [-0.15, -0.1) is 0 Å². The number of aliphatic hydroxyl groups is 1. The molecule has 1 aliphatic rings. The fourth-order valence-electron chi connectivity index (χ4n) is 1.84. The molecule has 0 aliphatic carbocycles. The lowest BCUT2D eigenvalue weighted by atomic mass is 9.95. The van der Waals surface area contributed by atoms with E-state index in [2.05, 4.69) is 4.74 Å². The maximum absolute atomic E-state index is 11.6. The average Bonchev–Trinajstić information content (AvgIpc) is 2.41. The molecule has 6 nitrogen and oxygen atoms in total. The number of carbonyl (C=O) groups excluding carboxylic acids is 2. The van der Waals surface area contributed by atoms with Gasteiger partial charge >= 0.3 is 12.1 Å². The molecule has 0 atom stereocenters. The van der Waals surface area contributed by atoms with Crippen LogP contribution in [0.25, 0.3) is 0 Å². The van der Waals surface area contributed by atoms with Crippen LogP contribution in [0.1, 0.15) is 5.56 Å². The number of benzene rings is 1. The summed E-state index contributed by atoms with van der Waals surface area (Å²) in [5.74, 6) is -0.736. The Labute approximate surface area is 110 Å². The van der Waals surface area contributed by atoms with Crippen molar-refractivity contribution in [3.8, 4) is 0 Å². The highest BCUT2D eigenvalue weighted by atomic mass is 16.6. The Balaban J connectivity index is 1.79. The number of ether oxygens (including phenoxy) is 2. The monoisotopic (exact) mass is 265 g/mol. The summed E-state index contributed by atoms with van der Waals surface area (Å²) in [5.41, 5.74) is -0.722. The zero-order valence-electron chi connectivity index (χ0n) is 10.5. The summed E-state index contributed by atoms with van der Waals surface area (Å²) in [6, 6.07) is 9.26. The Bertz CT molecular complexity index is 467. The van der Waals surface area contributed by atoms with Gasteiger partial charge in [0.1, 0.15) is 6.61 Å². The van der Waals surface area contributed by atoms with Gasteiger partial charge in [-0.25, -0.2) is 9.59 Å². The van der Waals surface area contributed by atoms with Crippen LogP contribution in [0.5, 0.6) is 0 Å². The molecular weight excluding hydrogens is 250 g/mol. The van der Waals surface area contributed by atoms with Crippen LogP contribution in [0.3, 0.4) is 0 Å². The van der Waals surface area contributed by atoms with E-state index in [0.29, 0.717) is 0 Å². The molecule has 1 aromatic rings. The lowest BCUT2D eigenvalue weighted by molar-refractivity contribution is -0.178. The summed E-state index contributed by atoms with van der Waals surface area (Å²) in [6.45, 7) is -0.0482. The number of esters is 1. The summed E-state index contributed by atoms with van der Waals surface area (Å²) in [4.78, 5) is 24.1. The predicted octanol–water partition coefficient (Wildman–Crippen LogP) is 0.543. The molecule has 0 spiro atoms. The van der Waals surface area contributed by atoms with Gasteiger partial charge in [0.2, 0.25) is 0 Å². The normalized spacial score (nSPS) is 16.4. The number of likely N-dealkylation sites (tertiary alicyclic amines) is 1. The predicted molar refractivity (Wildman–Crippen MR) is 65.2 cm³/mol. The summed E-state index contributed by atoms with van der Waals surface area (Å²) in [6.07, 6.45) is -0.558. The smallest absolute Gasteiger partial charge is 0.410 e. The Morgan fingerprint density at radius 1 is 1.32 bits per heavy atom. The van der Waals surface area contributed by atoms with E-state index in [9.17, 15) is 14.7 Å². The van der Waals surface area contributed by atoms with Crippen LogP contribution in [0.4, 0.5) is 4.79 Å². The standard InChI is InChI=1S/C13H15NO5/c1-18-11(15)13(17)8-14(9-13)12(16)19-7-10-5-3-2-4-6-10/h2-6,17H,7-9H2,1H3. The first-order chi connectivity index (χ1) is 9.05. The third-order valence-corrected chi connectivity index (χ3v) is 2.93. The Morgan fingerprint density at radius 3 is 2.53 bits per heavy atom. The fraction of sp³-hybridized carbons (Fsp3) is 0.385. The van der Waals surface area contributed by atoms with Crippen LogP contribution < -0.4 is 0 Å². The maximum atomic E-state index is 11.6. The van der Waals surface area contributed by atoms with E-state index in [0.717, 1.165) is 5.56 Å². The minimum Gasteiger partial charge on any atom is -0.467 e. The number of methoxy groups -OCH3 is 1. The van der Waals surface area contributed by atoms with E-state index in [1.54, 1.807) is 0 Å². The van der Waals surface area contributed by atoms with Crippen molar-refractivity contribution in [1.29, 1.82) is 0 Å². The van der Waals surface area contributed by atoms with Crippen LogP contribution in [0, 0.1) is 0 Å². The molecule has 0 saturated carbocycles. The average molecular weight is 265 g/mol. The molecular formula is C13H15NO5. The number of rotatable bonds is 3. The van der Waals surface area contributed by atoms with Crippen LogP contribution in [0.2, 0.25) is 0 Å². The van der Waals surface area contributed by atoms with Gasteiger partial charge in [0.05, 0.1) is 20.2 Å². The largest absolute Gasteiger partial charge is 0.467 e. The molecule has 1 amide bonds. The summed E-state index contributed by atoms with van der Waals surface area (Å²) < 4.78 is 9.51. The van der Waals surface area contributed by atoms with Crippen LogP contribution in [0.15, 0.2) is 30.3 Å². The van der Waals surface area contributed by atoms with Gasteiger partial charge in [0, 0.05) is 0 Å². The Morgan fingerprint density at radius 2 is 1.95 bits per heavy atom. The molecule has 102 valence electrons. The van der Waals surface area contributed by atoms with Crippen molar-refractivity contribution in [3.63, 3.8) is 0 Å². The van der Waals surface area contributed by atoms with Crippen LogP contribution >= 0.6 is 0 Å². The van der Waals surface area contributed by atoms with Gasteiger partial charge in [-0.05, 0) is 5.56 Å². The van der Waals surface area contributed by atoms with Gasteiger partial charge in [-0.3, -0.25) is 0 Å². The number of β-amino-alcohol motifs (C(OH)–C–C–N with tert-alkyl or cyclic N) is 1. The SMILES string of the molecule is COC(=O)C1(O)CN(C(=O)OCc2ccccc2)C1. The molecule has 6 heteroatoms. The molecule has 1 N–H and O–H groups in total. The number of amides is 1. The Hall–Kier alpha value is -2.08. The Kier molecular flexibility index (Phi) is 3.71. The minimum absolute atomic E-state index is 0.104. The first kappa shape index (κ1) is 13.4. The van der Waals surface area contributed by atoms with E-state index < -0.39 is 17.7 Å². The van der Waals surface area contributed by atoms with Crippen molar-refractivity contribution in [1.82, 2.24) is 4.90 Å². The number of carbonyl (C=O) groups is 2. The molecule has 0 aromatic heterocycles. The van der Waals surface area contributed by atoms with Crippen molar-refractivity contribution in [3.05, 3.63) is 35.9 Å². The number of hydrogen-bond acceptors (Lipinski definition) is 5. The molecule has 1 aromatic carbocycles. The molecule has 1 fully saturated rings. The highest BCUT2D eigenvalue weighted by Gasteiger charge is 2.51. The number of nitrogens with zero attached hydrogens (tertiary/aromatic N) is 1. The third-order valence-electron chi connectivity index (χ3n) is 2.93. The fourth-order valence-corrected chi connectivity index (χ4v) is 1.84. The van der Waals surface area contributed by atoms with E-state index in [1.807, 2.05) is 30.3 Å². The molecule has 0 bridgehead atoms. The molecule has 1 saturated heterocycles. The highest BCUT2D eigenvalue weighted by Crippen LogP contribution is 2.23. The second kappa shape index (κ2) is 5.27. The van der Waals surface area contributed by atoms with Crippen molar-refractivity contribution < 1.29 is 24.2 Å². The zero-order chi connectivity index (χ0) is 13.9. The third kappa shape index (κ3) is 2.85.